The van der Waals surface area contributed by atoms with Gasteiger partial charge in [-0.1, -0.05) is 23.7 Å². The summed E-state index contributed by atoms with van der Waals surface area (Å²) in [5, 5.41) is 14.4. The number of rotatable bonds is 5. The molecule has 0 radical (unpaired) electrons. The Bertz CT molecular complexity index is 590. The highest BCUT2D eigenvalue weighted by Gasteiger charge is 2.30. The molecule has 2 N–H and O–H groups in total. The van der Waals surface area contributed by atoms with Crippen molar-refractivity contribution >= 4 is 17.6 Å². The first-order chi connectivity index (χ1) is 12.7. The molecule has 2 saturated heterocycles. The molecule has 2 heterocycles. The Kier molecular flexibility index (Phi) is 7.14. The average Bonchev–Trinajstić information content (AvgIpc) is 3.16. The van der Waals surface area contributed by atoms with E-state index in [4.69, 9.17) is 16.3 Å². The third kappa shape index (κ3) is 5.10. The van der Waals surface area contributed by atoms with Gasteiger partial charge in [0.1, 0.15) is 0 Å². The van der Waals surface area contributed by atoms with Crippen LogP contribution in [0.3, 0.4) is 0 Å². The number of aliphatic hydroxyl groups is 1. The fourth-order valence-corrected chi connectivity index (χ4v) is 3.69. The number of halogens is 1. The van der Waals surface area contributed by atoms with Gasteiger partial charge in [-0.25, -0.2) is 0 Å². The number of aliphatic hydroxyl groups excluding tert-OH is 1. The Morgan fingerprint density at radius 1 is 1.31 bits per heavy atom. The van der Waals surface area contributed by atoms with Crippen molar-refractivity contribution in [2.45, 2.75) is 25.5 Å². The fourth-order valence-electron chi connectivity index (χ4n) is 3.56. The van der Waals surface area contributed by atoms with Crippen LogP contribution in [0.2, 0.25) is 5.02 Å². The molecule has 1 aromatic rings. The zero-order chi connectivity index (χ0) is 18.4. The second-order valence-corrected chi connectivity index (χ2v) is 7.24. The van der Waals surface area contributed by atoms with E-state index in [9.17, 15) is 5.11 Å². The average molecular weight is 381 g/mol. The van der Waals surface area contributed by atoms with Gasteiger partial charge in [-0.05, 0) is 31.0 Å². The van der Waals surface area contributed by atoms with Crippen LogP contribution in [-0.2, 0) is 4.74 Å². The minimum atomic E-state index is -0.626. The Balaban J connectivity index is 1.59. The lowest BCUT2D eigenvalue weighted by Gasteiger charge is -2.32. The van der Waals surface area contributed by atoms with Crippen LogP contribution in [0.15, 0.2) is 29.3 Å². The van der Waals surface area contributed by atoms with E-state index in [1.165, 1.54) is 0 Å². The molecule has 2 aliphatic rings. The maximum Gasteiger partial charge on any atom is 0.194 e. The first-order valence-electron chi connectivity index (χ1n) is 9.46. The largest absolute Gasteiger partial charge is 0.386 e. The van der Waals surface area contributed by atoms with E-state index in [1.54, 1.807) is 12.1 Å². The fraction of sp³-hybridized carbons (Fsp3) is 0.632. The summed E-state index contributed by atoms with van der Waals surface area (Å²) in [6.07, 6.45) is 0.517. The summed E-state index contributed by atoms with van der Waals surface area (Å²) in [7, 11) is 0. The molecule has 0 saturated carbocycles. The van der Waals surface area contributed by atoms with Gasteiger partial charge in [0, 0.05) is 43.8 Å². The second kappa shape index (κ2) is 9.55. The molecule has 1 aromatic carbocycles. The standard InChI is InChI=1S/C19H29ClN4O2/c1-2-21-19(22-13-18(25)15-3-5-16(20)6-4-15)24-8-7-17(14-24)23-9-11-26-12-10-23/h3-6,17-18,25H,2,7-14H2,1H3,(H,21,22). The van der Waals surface area contributed by atoms with E-state index >= 15 is 0 Å². The number of hydrogen-bond acceptors (Lipinski definition) is 4. The zero-order valence-corrected chi connectivity index (χ0v) is 16.2. The quantitative estimate of drug-likeness (QED) is 0.602. The number of hydrogen-bond donors (Lipinski definition) is 2. The number of benzene rings is 1. The van der Waals surface area contributed by atoms with Gasteiger partial charge >= 0.3 is 0 Å². The molecule has 0 aliphatic carbocycles. The molecule has 2 atom stereocenters. The van der Waals surface area contributed by atoms with Gasteiger partial charge in [0.15, 0.2) is 5.96 Å². The maximum absolute atomic E-state index is 10.4. The predicted octanol–water partition coefficient (Wildman–Crippen LogP) is 1.75. The van der Waals surface area contributed by atoms with Crippen molar-refractivity contribution in [2.75, 3.05) is 52.5 Å². The molecule has 0 aromatic heterocycles. The summed E-state index contributed by atoms with van der Waals surface area (Å²) < 4.78 is 5.46. The minimum Gasteiger partial charge on any atom is -0.386 e. The topological polar surface area (TPSA) is 60.3 Å². The van der Waals surface area contributed by atoms with Crippen molar-refractivity contribution in [1.29, 1.82) is 0 Å². The van der Waals surface area contributed by atoms with Crippen molar-refractivity contribution in [2.24, 2.45) is 4.99 Å². The van der Waals surface area contributed by atoms with Gasteiger partial charge in [0.25, 0.3) is 0 Å². The van der Waals surface area contributed by atoms with Gasteiger partial charge < -0.3 is 20.1 Å². The number of ether oxygens (including phenoxy) is 1. The van der Waals surface area contributed by atoms with Crippen LogP contribution in [0.4, 0.5) is 0 Å². The molecule has 26 heavy (non-hydrogen) atoms. The monoisotopic (exact) mass is 380 g/mol. The predicted molar refractivity (Wildman–Crippen MR) is 105 cm³/mol. The highest BCUT2D eigenvalue weighted by Crippen LogP contribution is 2.19. The van der Waals surface area contributed by atoms with E-state index in [0.29, 0.717) is 17.6 Å². The van der Waals surface area contributed by atoms with Gasteiger partial charge in [-0.2, -0.15) is 0 Å². The van der Waals surface area contributed by atoms with Crippen LogP contribution in [0.25, 0.3) is 0 Å². The van der Waals surface area contributed by atoms with E-state index in [2.05, 4.69) is 27.0 Å². The third-order valence-electron chi connectivity index (χ3n) is 5.03. The smallest absolute Gasteiger partial charge is 0.194 e. The van der Waals surface area contributed by atoms with Crippen molar-refractivity contribution < 1.29 is 9.84 Å². The maximum atomic E-state index is 10.4. The van der Waals surface area contributed by atoms with E-state index in [0.717, 1.165) is 63.9 Å². The van der Waals surface area contributed by atoms with Crippen LogP contribution < -0.4 is 5.32 Å². The number of aliphatic imine (C=N–C) groups is 1. The van der Waals surface area contributed by atoms with E-state index in [-0.39, 0.29) is 0 Å². The van der Waals surface area contributed by atoms with Crippen LogP contribution in [0.1, 0.15) is 25.0 Å². The number of morpholine rings is 1. The summed E-state index contributed by atoms with van der Waals surface area (Å²) in [4.78, 5) is 9.51. The molecular formula is C19H29ClN4O2. The SMILES string of the molecule is CCNC(=NCC(O)c1ccc(Cl)cc1)N1CCC(N2CCOCC2)C1. The Hall–Kier alpha value is -1.34. The molecule has 0 bridgehead atoms. The molecule has 6 nitrogen and oxygen atoms in total. The Morgan fingerprint density at radius 3 is 2.73 bits per heavy atom. The lowest BCUT2D eigenvalue weighted by Crippen LogP contribution is -2.46. The van der Waals surface area contributed by atoms with Crippen molar-refractivity contribution in [3.63, 3.8) is 0 Å². The van der Waals surface area contributed by atoms with Crippen LogP contribution in [-0.4, -0.2) is 79.4 Å². The molecular weight excluding hydrogens is 352 g/mol. The summed E-state index contributed by atoms with van der Waals surface area (Å²) >= 11 is 5.91. The number of guanidine groups is 1. The normalized spacial score (nSPS) is 23.3. The second-order valence-electron chi connectivity index (χ2n) is 6.80. The van der Waals surface area contributed by atoms with E-state index in [1.807, 2.05) is 12.1 Å². The van der Waals surface area contributed by atoms with Gasteiger partial charge in [0.05, 0.1) is 25.9 Å². The number of likely N-dealkylation sites (tertiary alicyclic amines) is 1. The van der Waals surface area contributed by atoms with Gasteiger partial charge in [0.2, 0.25) is 0 Å². The van der Waals surface area contributed by atoms with Crippen molar-refractivity contribution in [3.05, 3.63) is 34.9 Å². The molecule has 3 rings (SSSR count). The summed E-state index contributed by atoms with van der Waals surface area (Å²) in [5.74, 6) is 0.885. The Labute approximate surface area is 160 Å². The molecule has 2 unspecified atom stereocenters. The van der Waals surface area contributed by atoms with Crippen molar-refractivity contribution in [1.82, 2.24) is 15.1 Å². The van der Waals surface area contributed by atoms with Crippen LogP contribution in [0.5, 0.6) is 0 Å². The van der Waals surface area contributed by atoms with E-state index < -0.39 is 6.10 Å². The van der Waals surface area contributed by atoms with Crippen molar-refractivity contribution in [3.8, 4) is 0 Å². The first-order valence-corrected chi connectivity index (χ1v) is 9.83. The third-order valence-corrected chi connectivity index (χ3v) is 5.28. The van der Waals surface area contributed by atoms with Gasteiger partial charge in [-0.3, -0.25) is 9.89 Å². The molecule has 2 fully saturated rings. The lowest BCUT2D eigenvalue weighted by molar-refractivity contribution is 0.0194. The summed E-state index contributed by atoms with van der Waals surface area (Å²) in [6.45, 7) is 8.88. The molecule has 0 amide bonds. The van der Waals surface area contributed by atoms with Gasteiger partial charge in [-0.15, -0.1) is 0 Å². The molecule has 2 aliphatic heterocycles. The molecule has 0 spiro atoms. The van der Waals surface area contributed by atoms with Crippen LogP contribution in [0, 0.1) is 0 Å². The highest BCUT2D eigenvalue weighted by molar-refractivity contribution is 6.30. The molecule has 7 heteroatoms. The molecule has 144 valence electrons. The number of nitrogens with one attached hydrogen (secondary N) is 1. The Morgan fingerprint density at radius 2 is 2.04 bits per heavy atom. The first kappa shape index (κ1) is 19.4. The lowest BCUT2D eigenvalue weighted by atomic mass is 10.1. The zero-order valence-electron chi connectivity index (χ0n) is 15.4. The minimum absolute atomic E-state index is 0.336. The number of nitrogens with zero attached hydrogens (tertiary/aromatic N) is 3. The summed E-state index contributed by atoms with van der Waals surface area (Å²) in [5.41, 5.74) is 0.835. The summed E-state index contributed by atoms with van der Waals surface area (Å²) in [6, 6.07) is 7.84. The highest BCUT2D eigenvalue weighted by atomic mass is 35.5. The van der Waals surface area contributed by atoms with Crippen LogP contribution >= 0.6 is 11.6 Å².